The van der Waals surface area contributed by atoms with Gasteiger partial charge in [0.15, 0.2) is 0 Å². The fourth-order valence-electron chi connectivity index (χ4n) is 1.47. The summed E-state index contributed by atoms with van der Waals surface area (Å²) in [5.74, 6) is 0.850. The lowest BCUT2D eigenvalue weighted by molar-refractivity contribution is 0.625. The van der Waals surface area contributed by atoms with Gasteiger partial charge in [0, 0.05) is 24.3 Å². The molecule has 0 bridgehead atoms. The molecule has 1 heterocycles. The number of aromatic nitrogens is 2. The average molecular weight is 220 g/mol. The third-order valence-electron chi connectivity index (χ3n) is 2.34. The molecule has 1 aromatic rings. The Kier molecular flexibility index (Phi) is 3.10. The molecule has 0 aromatic carbocycles. The molecule has 1 aliphatic carbocycles. The maximum atomic E-state index is 4.52. The molecule has 0 aliphatic heterocycles. The highest BCUT2D eigenvalue weighted by molar-refractivity contribution is 5.34. The molecule has 2 N–H and O–H groups in total. The van der Waals surface area contributed by atoms with Gasteiger partial charge in [0.25, 0.3) is 0 Å². The van der Waals surface area contributed by atoms with E-state index < -0.39 is 0 Å². The fourth-order valence-corrected chi connectivity index (χ4v) is 1.47. The predicted molar refractivity (Wildman–Crippen MR) is 65.3 cm³/mol. The second-order valence-electron chi connectivity index (χ2n) is 5.43. The SMILES string of the molecule is CC(C)(C)Nc1cncc(CNC2CC2)n1. The summed E-state index contributed by atoms with van der Waals surface area (Å²) in [6.07, 6.45) is 6.19. The Morgan fingerprint density at radius 2 is 2.06 bits per heavy atom. The number of nitrogens with one attached hydrogen (secondary N) is 2. The van der Waals surface area contributed by atoms with Crippen LogP contribution in [0.4, 0.5) is 5.82 Å². The van der Waals surface area contributed by atoms with Crippen molar-refractivity contribution in [2.75, 3.05) is 5.32 Å². The Hall–Kier alpha value is -1.16. The van der Waals surface area contributed by atoms with E-state index >= 15 is 0 Å². The summed E-state index contributed by atoms with van der Waals surface area (Å²) in [6, 6.07) is 0.709. The normalized spacial score (nSPS) is 16.2. The van der Waals surface area contributed by atoms with E-state index in [4.69, 9.17) is 0 Å². The van der Waals surface area contributed by atoms with Gasteiger partial charge in [-0.05, 0) is 33.6 Å². The number of nitrogens with zero attached hydrogens (tertiary/aromatic N) is 2. The van der Waals surface area contributed by atoms with Crippen LogP contribution in [0.25, 0.3) is 0 Å². The third-order valence-corrected chi connectivity index (χ3v) is 2.34. The van der Waals surface area contributed by atoms with Crippen LogP contribution in [0, 0.1) is 0 Å². The van der Waals surface area contributed by atoms with Crippen molar-refractivity contribution in [1.29, 1.82) is 0 Å². The van der Waals surface area contributed by atoms with Gasteiger partial charge in [-0.15, -0.1) is 0 Å². The van der Waals surface area contributed by atoms with E-state index in [9.17, 15) is 0 Å². The minimum Gasteiger partial charge on any atom is -0.364 e. The summed E-state index contributed by atoms with van der Waals surface area (Å²) in [5, 5.41) is 6.76. The van der Waals surface area contributed by atoms with Crippen LogP contribution in [0.3, 0.4) is 0 Å². The Labute approximate surface area is 96.9 Å². The predicted octanol–water partition coefficient (Wildman–Crippen LogP) is 1.94. The van der Waals surface area contributed by atoms with Crippen LogP contribution in [0.2, 0.25) is 0 Å². The molecule has 88 valence electrons. The Morgan fingerprint density at radius 1 is 1.31 bits per heavy atom. The lowest BCUT2D eigenvalue weighted by Crippen LogP contribution is -2.27. The van der Waals surface area contributed by atoms with Crippen LogP contribution < -0.4 is 10.6 Å². The number of hydrogen-bond donors (Lipinski definition) is 2. The molecule has 1 aromatic heterocycles. The van der Waals surface area contributed by atoms with E-state index in [0.29, 0.717) is 6.04 Å². The number of hydrogen-bond acceptors (Lipinski definition) is 4. The van der Waals surface area contributed by atoms with Gasteiger partial charge in [-0.3, -0.25) is 4.98 Å². The van der Waals surface area contributed by atoms with Gasteiger partial charge < -0.3 is 10.6 Å². The number of rotatable bonds is 4. The highest BCUT2D eigenvalue weighted by Gasteiger charge is 2.20. The average Bonchev–Trinajstić information content (AvgIpc) is 2.96. The first-order valence-corrected chi connectivity index (χ1v) is 5.85. The van der Waals surface area contributed by atoms with Crippen LogP contribution >= 0.6 is 0 Å². The van der Waals surface area contributed by atoms with Crippen LogP contribution in [0.15, 0.2) is 12.4 Å². The number of anilines is 1. The maximum Gasteiger partial charge on any atom is 0.145 e. The Morgan fingerprint density at radius 3 is 2.69 bits per heavy atom. The fraction of sp³-hybridized carbons (Fsp3) is 0.667. The molecule has 0 amide bonds. The van der Waals surface area contributed by atoms with Gasteiger partial charge >= 0.3 is 0 Å². The van der Waals surface area contributed by atoms with Gasteiger partial charge in [-0.2, -0.15) is 0 Å². The van der Waals surface area contributed by atoms with E-state index in [2.05, 4.69) is 41.4 Å². The van der Waals surface area contributed by atoms with E-state index in [1.54, 1.807) is 6.20 Å². The summed E-state index contributed by atoms with van der Waals surface area (Å²) >= 11 is 0. The minimum atomic E-state index is 0.0250. The van der Waals surface area contributed by atoms with Crippen LogP contribution in [-0.4, -0.2) is 21.5 Å². The van der Waals surface area contributed by atoms with Crippen molar-refractivity contribution in [3.8, 4) is 0 Å². The molecular formula is C12H20N4. The van der Waals surface area contributed by atoms with E-state index in [1.807, 2.05) is 6.20 Å². The molecule has 4 nitrogen and oxygen atoms in total. The first-order chi connectivity index (χ1) is 7.53. The van der Waals surface area contributed by atoms with Gasteiger partial charge in [-0.25, -0.2) is 4.98 Å². The van der Waals surface area contributed by atoms with E-state index in [-0.39, 0.29) is 5.54 Å². The Balaban J connectivity index is 1.95. The molecule has 1 fully saturated rings. The quantitative estimate of drug-likeness (QED) is 0.814. The van der Waals surface area contributed by atoms with Gasteiger partial charge in [-0.1, -0.05) is 0 Å². The molecule has 0 unspecified atom stereocenters. The third kappa shape index (κ3) is 3.77. The molecule has 4 heteroatoms. The zero-order chi connectivity index (χ0) is 11.6. The highest BCUT2D eigenvalue weighted by atomic mass is 15.1. The van der Waals surface area contributed by atoms with E-state index in [0.717, 1.165) is 18.1 Å². The van der Waals surface area contributed by atoms with Crippen LogP contribution in [0.1, 0.15) is 39.3 Å². The van der Waals surface area contributed by atoms with Gasteiger partial charge in [0.1, 0.15) is 5.82 Å². The molecule has 1 aliphatic rings. The lowest BCUT2D eigenvalue weighted by Gasteiger charge is -2.21. The second kappa shape index (κ2) is 4.37. The topological polar surface area (TPSA) is 49.8 Å². The molecule has 0 atom stereocenters. The van der Waals surface area contributed by atoms with Crippen LogP contribution in [-0.2, 0) is 6.54 Å². The summed E-state index contributed by atoms with van der Waals surface area (Å²) in [5.41, 5.74) is 1.03. The van der Waals surface area contributed by atoms with Crippen molar-refractivity contribution in [1.82, 2.24) is 15.3 Å². The van der Waals surface area contributed by atoms with Gasteiger partial charge in [0.2, 0.25) is 0 Å². The molecule has 0 spiro atoms. The second-order valence-corrected chi connectivity index (χ2v) is 5.43. The molecule has 1 saturated carbocycles. The maximum absolute atomic E-state index is 4.52. The lowest BCUT2D eigenvalue weighted by atomic mass is 10.1. The van der Waals surface area contributed by atoms with Crippen molar-refractivity contribution in [3.63, 3.8) is 0 Å². The first kappa shape index (κ1) is 11.3. The zero-order valence-corrected chi connectivity index (χ0v) is 10.2. The smallest absolute Gasteiger partial charge is 0.145 e. The van der Waals surface area contributed by atoms with Crippen molar-refractivity contribution in [3.05, 3.63) is 18.1 Å². The minimum absolute atomic E-state index is 0.0250. The summed E-state index contributed by atoms with van der Waals surface area (Å²) < 4.78 is 0. The first-order valence-electron chi connectivity index (χ1n) is 5.85. The standard InChI is InChI=1S/C12H20N4/c1-12(2,3)16-11-8-13-6-10(15-11)7-14-9-4-5-9/h6,8-9,14H,4-5,7H2,1-3H3,(H,15,16). The zero-order valence-electron chi connectivity index (χ0n) is 10.2. The molecule has 2 rings (SSSR count). The summed E-state index contributed by atoms with van der Waals surface area (Å²) in [4.78, 5) is 8.72. The molecule has 0 radical (unpaired) electrons. The largest absolute Gasteiger partial charge is 0.364 e. The van der Waals surface area contributed by atoms with Gasteiger partial charge in [0.05, 0.1) is 11.9 Å². The monoisotopic (exact) mass is 220 g/mol. The van der Waals surface area contributed by atoms with Crippen molar-refractivity contribution in [2.45, 2.75) is 51.7 Å². The highest BCUT2D eigenvalue weighted by Crippen LogP contribution is 2.19. The summed E-state index contributed by atoms with van der Waals surface area (Å²) in [6.45, 7) is 7.16. The van der Waals surface area contributed by atoms with E-state index in [1.165, 1.54) is 12.8 Å². The molecular weight excluding hydrogens is 200 g/mol. The summed E-state index contributed by atoms with van der Waals surface area (Å²) in [7, 11) is 0. The molecule has 16 heavy (non-hydrogen) atoms. The molecule has 0 saturated heterocycles. The van der Waals surface area contributed by atoms with Crippen LogP contribution in [0.5, 0.6) is 0 Å². The van der Waals surface area contributed by atoms with Crippen molar-refractivity contribution < 1.29 is 0 Å². The van der Waals surface area contributed by atoms with Crippen molar-refractivity contribution in [2.24, 2.45) is 0 Å². The van der Waals surface area contributed by atoms with Crippen molar-refractivity contribution >= 4 is 5.82 Å². The Bertz CT molecular complexity index is 352.